The average molecular weight is 516 g/mol. The van der Waals surface area contributed by atoms with Crippen LogP contribution >= 0.6 is 15.9 Å². The van der Waals surface area contributed by atoms with Crippen LogP contribution in [0.1, 0.15) is 84.8 Å². The fourth-order valence-corrected chi connectivity index (χ4v) is 5.31. The molecule has 1 fully saturated rings. The molecule has 3 rings (SSSR count). The second-order valence-corrected chi connectivity index (χ2v) is 9.54. The van der Waals surface area contributed by atoms with E-state index in [0.29, 0.717) is 17.5 Å². The molecule has 2 heterocycles. The van der Waals surface area contributed by atoms with E-state index in [1.807, 2.05) is 38.2 Å². The van der Waals surface area contributed by atoms with Crippen LogP contribution in [0.5, 0.6) is 0 Å². The average Bonchev–Trinajstić information content (AvgIpc) is 2.81. The Balaban J connectivity index is 0.00000187. The van der Waals surface area contributed by atoms with Crippen molar-refractivity contribution >= 4 is 28.0 Å². The minimum Gasteiger partial charge on any atom is -0.465 e. The summed E-state index contributed by atoms with van der Waals surface area (Å²) in [6.07, 6.45) is 6.37. The van der Waals surface area contributed by atoms with Crippen molar-refractivity contribution in [2.24, 2.45) is 0 Å². The van der Waals surface area contributed by atoms with Crippen molar-refractivity contribution in [3.05, 3.63) is 68.0 Å². The van der Waals surface area contributed by atoms with Crippen molar-refractivity contribution in [3.63, 3.8) is 0 Å². The molecule has 0 N–H and O–H groups in total. The van der Waals surface area contributed by atoms with E-state index in [1.165, 1.54) is 34.9 Å². The molecule has 0 aliphatic carbocycles. The first-order valence-corrected chi connectivity index (χ1v) is 12.7. The molecule has 0 amide bonds. The van der Waals surface area contributed by atoms with Crippen LogP contribution in [-0.4, -0.2) is 42.1 Å². The Morgan fingerprint density at radius 1 is 1.18 bits per heavy atom. The lowest BCUT2D eigenvalue weighted by Gasteiger charge is -2.37. The van der Waals surface area contributed by atoms with E-state index in [4.69, 9.17) is 4.74 Å². The van der Waals surface area contributed by atoms with E-state index in [1.54, 1.807) is 0 Å². The number of pyridine rings is 1. The van der Waals surface area contributed by atoms with Gasteiger partial charge in [-0.2, -0.15) is 0 Å². The number of nitrogens with zero attached hydrogens (tertiary/aromatic N) is 2. The highest BCUT2D eigenvalue weighted by Gasteiger charge is 2.27. The van der Waals surface area contributed by atoms with Gasteiger partial charge in [0, 0.05) is 28.0 Å². The Hall–Kier alpha value is -1.98. The van der Waals surface area contributed by atoms with Crippen LogP contribution in [0, 0.1) is 20.8 Å². The number of hydrogen-bond acceptors (Lipinski definition) is 4. The van der Waals surface area contributed by atoms with Crippen LogP contribution in [0.15, 0.2) is 34.4 Å². The van der Waals surface area contributed by atoms with Crippen molar-refractivity contribution in [3.8, 4) is 0 Å². The topological polar surface area (TPSA) is 42.4 Å². The van der Waals surface area contributed by atoms with Crippen molar-refractivity contribution in [1.82, 2.24) is 9.88 Å². The SMILES string of the molecule is CC.COC(=O)c1cc(C)c(C2CCN(C(C)/C(C)=C/c3c(Br)ccnc3C)CC2)c(C)c1. The summed E-state index contributed by atoms with van der Waals surface area (Å²) < 4.78 is 5.98. The molecule has 33 heavy (non-hydrogen) atoms. The number of likely N-dealkylation sites (tertiary alicyclic amines) is 1. The number of carbonyl (C=O) groups is 1. The van der Waals surface area contributed by atoms with Gasteiger partial charge in [0.2, 0.25) is 0 Å². The first-order chi connectivity index (χ1) is 15.7. The second kappa shape index (κ2) is 12.5. The van der Waals surface area contributed by atoms with Gasteiger partial charge in [-0.3, -0.25) is 9.88 Å². The lowest BCUT2D eigenvalue weighted by molar-refractivity contribution is 0.0600. The standard InChI is InChI=1S/C26H33BrN2O2.C2H6/c1-16(15-23-19(4)28-10-7-24(23)27)20(5)29-11-8-21(9-12-29)25-17(2)13-22(14-18(25)3)26(30)31-6;1-2/h7,10,13-15,20-21H,8-9,11-12H2,1-6H3;1-2H3/b16-15+;. The molecule has 1 aliphatic heterocycles. The molecule has 0 bridgehead atoms. The number of aryl methyl sites for hydroxylation is 3. The maximum absolute atomic E-state index is 11.9. The van der Waals surface area contributed by atoms with E-state index in [2.05, 4.69) is 66.5 Å². The van der Waals surface area contributed by atoms with Crippen LogP contribution in [0.4, 0.5) is 0 Å². The number of esters is 1. The molecule has 4 nitrogen and oxygen atoms in total. The molecule has 1 saturated heterocycles. The minimum atomic E-state index is -0.265. The third-order valence-corrected chi connectivity index (χ3v) is 7.36. The summed E-state index contributed by atoms with van der Waals surface area (Å²) in [7, 11) is 1.43. The van der Waals surface area contributed by atoms with Crippen LogP contribution < -0.4 is 0 Å². The third-order valence-electron chi connectivity index (χ3n) is 6.67. The molecule has 2 aromatic rings. The summed E-state index contributed by atoms with van der Waals surface area (Å²) in [5.74, 6) is 0.272. The summed E-state index contributed by atoms with van der Waals surface area (Å²) in [4.78, 5) is 18.9. The molecule has 0 radical (unpaired) electrons. The first kappa shape index (κ1) is 27.3. The molecule has 1 atom stereocenters. The van der Waals surface area contributed by atoms with E-state index < -0.39 is 0 Å². The quantitative estimate of drug-likeness (QED) is 0.393. The maximum Gasteiger partial charge on any atom is 0.337 e. The number of carbonyl (C=O) groups excluding carboxylic acids is 1. The van der Waals surface area contributed by atoms with Gasteiger partial charge < -0.3 is 4.74 Å². The van der Waals surface area contributed by atoms with Crippen LogP contribution in [-0.2, 0) is 4.74 Å². The van der Waals surface area contributed by atoms with Gasteiger partial charge in [0.15, 0.2) is 0 Å². The zero-order chi connectivity index (χ0) is 24.7. The Bertz CT molecular complexity index is 948. The number of benzene rings is 1. The molecule has 1 aromatic carbocycles. The highest BCUT2D eigenvalue weighted by atomic mass is 79.9. The summed E-state index contributed by atoms with van der Waals surface area (Å²) in [6, 6.07) is 6.34. The summed E-state index contributed by atoms with van der Waals surface area (Å²) in [5, 5.41) is 0. The van der Waals surface area contributed by atoms with Gasteiger partial charge in [-0.15, -0.1) is 0 Å². The number of aromatic nitrogens is 1. The van der Waals surface area contributed by atoms with Gasteiger partial charge in [-0.1, -0.05) is 41.4 Å². The maximum atomic E-state index is 11.9. The minimum absolute atomic E-state index is 0.265. The zero-order valence-corrected chi connectivity index (χ0v) is 23.0. The zero-order valence-electron chi connectivity index (χ0n) is 21.5. The van der Waals surface area contributed by atoms with Crippen LogP contribution in [0.3, 0.4) is 0 Å². The molecule has 1 unspecified atom stereocenters. The molecule has 180 valence electrons. The number of ether oxygens (including phenoxy) is 1. The highest BCUT2D eigenvalue weighted by Crippen LogP contribution is 2.35. The fraction of sp³-hybridized carbons (Fsp3) is 0.500. The first-order valence-electron chi connectivity index (χ1n) is 12.0. The van der Waals surface area contributed by atoms with Crippen molar-refractivity contribution in [2.45, 2.75) is 73.3 Å². The van der Waals surface area contributed by atoms with Gasteiger partial charge in [-0.05, 0) is 101 Å². The molecule has 1 aliphatic rings. The van der Waals surface area contributed by atoms with Gasteiger partial charge >= 0.3 is 5.97 Å². The Kier molecular flexibility index (Phi) is 10.3. The molecule has 5 heteroatoms. The normalized spacial score (nSPS) is 16.1. The number of methoxy groups -OCH3 is 1. The summed E-state index contributed by atoms with van der Waals surface area (Å²) >= 11 is 3.66. The Labute approximate surface area is 208 Å². The molecule has 0 saturated carbocycles. The fourth-order valence-electron chi connectivity index (χ4n) is 4.79. The monoisotopic (exact) mass is 514 g/mol. The molecular weight excluding hydrogens is 476 g/mol. The van der Waals surface area contributed by atoms with Crippen molar-refractivity contribution < 1.29 is 9.53 Å². The smallest absolute Gasteiger partial charge is 0.337 e. The Morgan fingerprint density at radius 2 is 1.76 bits per heavy atom. The Morgan fingerprint density at radius 3 is 2.27 bits per heavy atom. The molecular formula is C28H39BrN2O2. The second-order valence-electron chi connectivity index (χ2n) is 8.68. The van der Waals surface area contributed by atoms with Gasteiger partial charge in [0.25, 0.3) is 0 Å². The number of piperidine rings is 1. The van der Waals surface area contributed by atoms with E-state index in [9.17, 15) is 4.79 Å². The van der Waals surface area contributed by atoms with Gasteiger partial charge in [0.1, 0.15) is 0 Å². The summed E-state index contributed by atoms with van der Waals surface area (Å²) in [6.45, 7) is 16.9. The third kappa shape index (κ3) is 6.54. The number of rotatable bonds is 5. The summed E-state index contributed by atoms with van der Waals surface area (Å²) in [5.41, 5.74) is 8.00. The van der Waals surface area contributed by atoms with Crippen molar-refractivity contribution in [1.29, 1.82) is 0 Å². The molecule has 0 spiro atoms. The van der Waals surface area contributed by atoms with Crippen LogP contribution in [0.25, 0.3) is 6.08 Å². The molecule has 1 aromatic heterocycles. The lowest BCUT2D eigenvalue weighted by atomic mass is 9.83. The predicted molar refractivity (Wildman–Crippen MR) is 142 cm³/mol. The highest BCUT2D eigenvalue weighted by molar-refractivity contribution is 9.10. The number of halogens is 1. The lowest BCUT2D eigenvalue weighted by Crippen LogP contribution is -2.40. The largest absolute Gasteiger partial charge is 0.465 e. The van der Waals surface area contributed by atoms with E-state index in [0.717, 1.165) is 36.1 Å². The van der Waals surface area contributed by atoms with Gasteiger partial charge in [0.05, 0.1) is 12.7 Å². The van der Waals surface area contributed by atoms with E-state index in [-0.39, 0.29) is 5.97 Å². The van der Waals surface area contributed by atoms with Crippen LogP contribution in [0.2, 0.25) is 0 Å². The predicted octanol–water partition coefficient (Wildman–Crippen LogP) is 7.25. The van der Waals surface area contributed by atoms with E-state index >= 15 is 0 Å². The van der Waals surface area contributed by atoms with Gasteiger partial charge in [-0.25, -0.2) is 4.79 Å². The van der Waals surface area contributed by atoms with Crippen molar-refractivity contribution in [2.75, 3.05) is 20.2 Å². The number of hydrogen-bond donors (Lipinski definition) is 0.